The number of halogens is 1. The van der Waals surface area contributed by atoms with E-state index in [2.05, 4.69) is 21.9 Å². The van der Waals surface area contributed by atoms with Gasteiger partial charge in [-0.1, -0.05) is 71.8 Å². The van der Waals surface area contributed by atoms with Crippen LogP contribution >= 0.6 is 11.6 Å². The lowest BCUT2D eigenvalue weighted by Gasteiger charge is -2.45. The summed E-state index contributed by atoms with van der Waals surface area (Å²) >= 11 is 6.59. The van der Waals surface area contributed by atoms with Crippen LogP contribution in [-0.4, -0.2) is 42.1 Å². The lowest BCUT2D eigenvalue weighted by Crippen LogP contribution is -2.52. The normalized spacial score (nSPS) is 18.7. The largest absolute Gasteiger partial charge is 0.384 e. The summed E-state index contributed by atoms with van der Waals surface area (Å²) in [4.78, 5) is 16.1. The molecule has 6 heteroatoms. The van der Waals surface area contributed by atoms with E-state index in [-0.39, 0.29) is 6.04 Å². The number of aryl methyl sites for hydroxylation is 1. The number of hydrogen-bond donors (Lipinski definition) is 2. The SMILES string of the molecule is Cc1ccc([C@](C)(O)CN2CCN(c3ccc(C(N)=O)cc3Cl)[C@H](c3ccccc3)C2)cc1. The Morgan fingerprint density at radius 1 is 1.09 bits per heavy atom. The van der Waals surface area contributed by atoms with Gasteiger partial charge in [-0.05, 0) is 43.2 Å². The van der Waals surface area contributed by atoms with Crippen LogP contribution in [0.15, 0.2) is 72.8 Å². The molecule has 5 nitrogen and oxygen atoms in total. The number of aliphatic hydroxyl groups is 1. The predicted octanol–water partition coefficient (Wildman–Crippen LogP) is 4.52. The highest BCUT2D eigenvalue weighted by Gasteiger charge is 2.34. The second kappa shape index (κ2) is 9.56. The molecular weight excluding hydrogens is 434 g/mol. The molecule has 3 N–H and O–H groups in total. The highest BCUT2D eigenvalue weighted by Crippen LogP contribution is 2.36. The summed E-state index contributed by atoms with van der Waals surface area (Å²) in [6.07, 6.45) is 0. The first-order valence-electron chi connectivity index (χ1n) is 11.2. The number of carbonyl (C=O) groups excluding carboxylic acids is 1. The first-order chi connectivity index (χ1) is 15.7. The zero-order valence-electron chi connectivity index (χ0n) is 19.0. The van der Waals surface area contributed by atoms with Gasteiger partial charge in [0.1, 0.15) is 0 Å². The van der Waals surface area contributed by atoms with Crippen LogP contribution in [0.25, 0.3) is 0 Å². The zero-order valence-corrected chi connectivity index (χ0v) is 19.8. The minimum atomic E-state index is -0.960. The van der Waals surface area contributed by atoms with E-state index in [9.17, 15) is 9.90 Å². The van der Waals surface area contributed by atoms with Gasteiger partial charge in [0, 0.05) is 31.7 Å². The molecule has 1 amide bonds. The van der Waals surface area contributed by atoms with Gasteiger partial charge >= 0.3 is 0 Å². The van der Waals surface area contributed by atoms with E-state index in [1.807, 2.05) is 62.4 Å². The average molecular weight is 464 g/mol. The molecule has 2 atom stereocenters. The second-order valence-corrected chi connectivity index (χ2v) is 9.43. The number of amides is 1. The quantitative estimate of drug-likeness (QED) is 0.564. The van der Waals surface area contributed by atoms with Crippen molar-refractivity contribution in [2.45, 2.75) is 25.5 Å². The van der Waals surface area contributed by atoms with Crippen molar-refractivity contribution < 1.29 is 9.90 Å². The number of anilines is 1. The van der Waals surface area contributed by atoms with E-state index in [1.165, 1.54) is 11.1 Å². The fraction of sp³-hybridized carbons (Fsp3) is 0.296. The molecule has 1 aliphatic rings. The van der Waals surface area contributed by atoms with Gasteiger partial charge in [0.2, 0.25) is 5.91 Å². The number of β-amino-alcohol motifs (C(OH)–C–C–N with tert-alkyl or cyclic N) is 1. The molecule has 0 saturated carbocycles. The first kappa shape index (κ1) is 23.3. The molecule has 3 aromatic carbocycles. The average Bonchev–Trinajstić information content (AvgIpc) is 2.80. The van der Waals surface area contributed by atoms with Crippen LogP contribution in [0.2, 0.25) is 5.02 Å². The molecule has 0 radical (unpaired) electrons. The molecule has 0 aromatic heterocycles. The number of rotatable bonds is 6. The van der Waals surface area contributed by atoms with Gasteiger partial charge in [0.05, 0.1) is 22.4 Å². The molecule has 33 heavy (non-hydrogen) atoms. The third kappa shape index (κ3) is 5.22. The van der Waals surface area contributed by atoms with Crippen molar-refractivity contribution >= 4 is 23.2 Å². The van der Waals surface area contributed by atoms with Crippen molar-refractivity contribution in [3.8, 4) is 0 Å². The topological polar surface area (TPSA) is 69.8 Å². The molecule has 172 valence electrons. The summed E-state index contributed by atoms with van der Waals surface area (Å²) in [6, 6.07) is 23.7. The first-order valence-corrected chi connectivity index (χ1v) is 11.6. The maximum Gasteiger partial charge on any atom is 0.248 e. The van der Waals surface area contributed by atoms with Crippen LogP contribution in [0.4, 0.5) is 5.69 Å². The maximum atomic E-state index is 11.6. The molecule has 3 aromatic rings. The molecule has 1 aliphatic heterocycles. The lowest BCUT2D eigenvalue weighted by molar-refractivity contribution is 0.0103. The van der Waals surface area contributed by atoms with E-state index in [0.717, 1.165) is 30.9 Å². The van der Waals surface area contributed by atoms with Crippen molar-refractivity contribution in [2.75, 3.05) is 31.1 Å². The third-order valence-electron chi connectivity index (χ3n) is 6.40. The number of primary amides is 1. The molecule has 0 spiro atoms. The summed E-state index contributed by atoms with van der Waals surface area (Å²) in [7, 11) is 0. The monoisotopic (exact) mass is 463 g/mol. The highest BCUT2D eigenvalue weighted by atomic mass is 35.5. The van der Waals surface area contributed by atoms with Crippen molar-refractivity contribution in [2.24, 2.45) is 5.73 Å². The number of carbonyl (C=O) groups is 1. The number of hydrogen-bond acceptors (Lipinski definition) is 4. The minimum Gasteiger partial charge on any atom is -0.384 e. The van der Waals surface area contributed by atoms with E-state index < -0.39 is 11.5 Å². The minimum absolute atomic E-state index is 0.0469. The molecule has 0 bridgehead atoms. The number of piperazine rings is 1. The van der Waals surface area contributed by atoms with E-state index in [4.69, 9.17) is 17.3 Å². The molecule has 0 unspecified atom stereocenters. The van der Waals surface area contributed by atoms with Crippen LogP contribution in [0.5, 0.6) is 0 Å². The number of nitrogens with zero attached hydrogens (tertiary/aromatic N) is 2. The van der Waals surface area contributed by atoms with Crippen LogP contribution in [0, 0.1) is 6.92 Å². The number of benzene rings is 3. The smallest absolute Gasteiger partial charge is 0.248 e. The Bertz CT molecular complexity index is 1120. The maximum absolute atomic E-state index is 11.6. The molecule has 1 saturated heterocycles. The van der Waals surface area contributed by atoms with Crippen LogP contribution in [0.3, 0.4) is 0 Å². The Kier molecular flexibility index (Phi) is 6.75. The van der Waals surface area contributed by atoms with Crippen molar-refractivity contribution in [1.29, 1.82) is 0 Å². The van der Waals surface area contributed by atoms with Crippen molar-refractivity contribution in [3.05, 3.63) is 100 Å². The Morgan fingerprint density at radius 3 is 2.42 bits per heavy atom. The standard InChI is InChI=1S/C27H30ClN3O2/c1-19-8-11-22(12-9-19)27(2,33)18-30-14-15-31(25(17-30)20-6-4-3-5-7-20)24-13-10-21(26(29)32)16-23(24)28/h3-13,16,25,33H,14-15,17-18H2,1-2H3,(H2,29,32)/t25-,27+/m0/s1. The van der Waals surface area contributed by atoms with Crippen molar-refractivity contribution in [1.82, 2.24) is 4.90 Å². The van der Waals surface area contributed by atoms with E-state index in [1.54, 1.807) is 12.1 Å². The molecule has 0 aliphatic carbocycles. The van der Waals surface area contributed by atoms with Gasteiger partial charge in [-0.25, -0.2) is 0 Å². The Hall–Kier alpha value is -2.86. The summed E-state index contributed by atoms with van der Waals surface area (Å²) < 4.78 is 0. The number of nitrogens with two attached hydrogens (primary N) is 1. The van der Waals surface area contributed by atoms with E-state index in [0.29, 0.717) is 17.1 Å². The molecular formula is C27H30ClN3O2. The Balaban J connectivity index is 1.60. The van der Waals surface area contributed by atoms with Gasteiger partial charge in [0.15, 0.2) is 0 Å². The fourth-order valence-electron chi connectivity index (χ4n) is 4.56. The van der Waals surface area contributed by atoms with Crippen LogP contribution < -0.4 is 10.6 Å². The van der Waals surface area contributed by atoms with Gasteiger partial charge in [-0.2, -0.15) is 0 Å². The van der Waals surface area contributed by atoms with Crippen LogP contribution in [-0.2, 0) is 5.60 Å². The van der Waals surface area contributed by atoms with Gasteiger partial charge < -0.3 is 15.7 Å². The second-order valence-electron chi connectivity index (χ2n) is 9.03. The summed E-state index contributed by atoms with van der Waals surface area (Å²) in [5.74, 6) is -0.494. The fourth-order valence-corrected chi connectivity index (χ4v) is 4.85. The molecule has 1 heterocycles. The highest BCUT2D eigenvalue weighted by molar-refractivity contribution is 6.33. The van der Waals surface area contributed by atoms with Crippen LogP contribution in [0.1, 0.15) is 40.0 Å². The molecule has 1 fully saturated rings. The van der Waals surface area contributed by atoms with Gasteiger partial charge in [-0.15, -0.1) is 0 Å². The molecule has 4 rings (SSSR count). The van der Waals surface area contributed by atoms with Crippen molar-refractivity contribution in [3.63, 3.8) is 0 Å². The van der Waals surface area contributed by atoms with Gasteiger partial charge in [-0.3, -0.25) is 9.69 Å². The zero-order chi connectivity index (χ0) is 23.6. The Morgan fingerprint density at radius 2 is 1.79 bits per heavy atom. The third-order valence-corrected chi connectivity index (χ3v) is 6.70. The summed E-state index contributed by atoms with van der Waals surface area (Å²) in [5.41, 5.74) is 8.99. The summed E-state index contributed by atoms with van der Waals surface area (Å²) in [6.45, 7) is 6.70. The van der Waals surface area contributed by atoms with E-state index >= 15 is 0 Å². The summed E-state index contributed by atoms with van der Waals surface area (Å²) in [5, 5.41) is 11.8. The Labute approximate surface area is 200 Å². The predicted molar refractivity (Wildman–Crippen MR) is 134 cm³/mol. The lowest BCUT2D eigenvalue weighted by atomic mass is 9.93. The van der Waals surface area contributed by atoms with Gasteiger partial charge in [0.25, 0.3) is 0 Å².